The smallest absolute Gasteiger partial charge is 0.341 e. The zero-order valence-electron chi connectivity index (χ0n) is 13.5. The predicted octanol–water partition coefficient (Wildman–Crippen LogP) is 4.19. The quantitative estimate of drug-likeness (QED) is 0.546. The molecule has 5 heteroatoms. The molecule has 0 bridgehead atoms. The molecule has 0 aliphatic rings. The molecule has 0 unspecified atom stereocenters. The van der Waals surface area contributed by atoms with Gasteiger partial charge in [0.2, 0.25) is 0 Å². The first kappa shape index (κ1) is 17.9. The minimum absolute atomic E-state index is 0.332. The molecule has 0 aliphatic carbocycles. The lowest BCUT2D eigenvalue weighted by molar-refractivity contribution is -0.139. The molecule has 2 aromatic rings. The molecule has 1 N–H and O–H groups in total. The Bertz CT molecular complexity index is 698. The first-order valence-electron chi connectivity index (χ1n) is 7.47. The summed E-state index contributed by atoms with van der Waals surface area (Å²) in [5, 5.41) is 8.65. The highest BCUT2D eigenvalue weighted by atomic mass is 32.2. The minimum atomic E-state index is -0.984. The summed E-state index contributed by atoms with van der Waals surface area (Å²) in [6, 6.07) is 15.3. The number of benzene rings is 2. The second-order valence-corrected chi connectivity index (χ2v) is 6.30. The van der Waals surface area contributed by atoms with E-state index >= 15 is 0 Å². The molecule has 0 fully saturated rings. The standard InChI is InChI=1S/C19H20O4S/c1-14(11-22-16-6-4-3-5-7-16)13-24-17-8-9-18(15(2)10-17)23-12-19(20)21/h3-10H,1,11-13H2,2H3,(H,20,21). The molecule has 0 amide bonds. The van der Waals surface area contributed by atoms with E-state index in [1.54, 1.807) is 17.8 Å². The van der Waals surface area contributed by atoms with E-state index in [1.807, 2.05) is 49.4 Å². The average molecular weight is 344 g/mol. The number of para-hydroxylation sites is 1. The van der Waals surface area contributed by atoms with Crippen molar-refractivity contribution >= 4 is 17.7 Å². The van der Waals surface area contributed by atoms with Crippen LogP contribution in [0.5, 0.6) is 11.5 Å². The van der Waals surface area contributed by atoms with E-state index in [4.69, 9.17) is 14.6 Å². The van der Waals surface area contributed by atoms with Crippen molar-refractivity contribution < 1.29 is 19.4 Å². The molecule has 126 valence electrons. The van der Waals surface area contributed by atoms with Gasteiger partial charge in [-0.2, -0.15) is 0 Å². The molecule has 0 aliphatic heterocycles. The van der Waals surface area contributed by atoms with Gasteiger partial charge in [0.05, 0.1) is 0 Å². The zero-order chi connectivity index (χ0) is 17.4. The van der Waals surface area contributed by atoms with Gasteiger partial charge in [-0.3, -0.25) is 0 Å². The van der Waals surface area contributed by atoms with Gasteiger partial charge in [-0.25, -0.2) is 4.79 Å². The van der Waals surface area contributed by atoms with E-state index in [1.165, 1.54) is 0 Å². The third-order valence-corrected chi connectivity index (χ3v) is 4.27. The van der Waals surface area contributed by atoms with E-state index in [2.05, 4.69) is 6.58 Å². The summed E-state index contributed by atoms with van der Waals surface area (Å²) in [5.74, 6) is 1.19. The maximum atomic E-state index is 10.5. The highest BCUT2D eigenvalue weighted by Crippen LogP contribution is 2.26. The Hall–Kier alpha value is -2.40. The summed E-state index contributed by atoms with van der Waals surface area (Å²) >= 11 is 1.66. The summed E-state index contributed by atoms with van der Waals surface area (Å²) in [4.78, 5) is 11.6. The molecule has 2 aromatic carbocycles. The van der Waals surface area contributed by atoms with Gasteiger partial charge in [-0.05, 0) is 48.4 Å². The van der Waals surface area contributed by atoms with Crippen molar-refractivity contribution in [2.75, 3.05) is 19.0 Å². The predicted molar refractivity (Wildman–Crippen MR) is 96.1 cm³/mol. The lowest BCUT2D eigenvalue weighted by Crippen LogP contribution is -2.10. The summed E-state index contributed by atoms with van der Waals surface area (Å²) in [5.41, 5.74) is 1.90. The van der Waals surface area contributed by atoms with Crippen LogP contribution in [0.25, 0.3) is 0 Å². The second-order valence-electron chi connectivity index (χ2n) is 5.25. The summed E-state index contributed by atoms with van der Waals surface area (Å²) in [6.07, 6.45) is 0. The molecule has 2 rings (SSSR count). The lowest BCUT2D eigenvalue weighted by Gasteiger charge is -2.10. The van der Waals surface area contributed by atoms with Gasteiger partial charge in [0.1, 0.15) is 18.1 Å². The van der Waals surface area contributed by atoms with E-state index < -0.39 is 5.97 Å². The second kappa shape index (κ2) is 9.03. The molecule has 0 spiro atoms. The van der Waals surface area contributed by atoms with E-state index in [0.717, 1.165) is 27.5 Å². The number of ether oxygens (including phenoxy) is 2. The van der Waals surface area contributed by atoms with Crippen molar-refractivity contribution in [2.45, 2.75) is 11.8 Å². The minimum Gasteiger partial charge on any atom is -0.489 e. The van der Waals surface area contributed by atoms with Crippen molar-refractivity contribution in [3.63, 3.8) is 0 Å². The number of carboxylic acid groups (broad SMARTS) is 1. The highest BCUT2D eigenvalue weighted by molar-refractivity contribution is 7.99. The molecule has 0 saturated heterocycles. The van der Waals surface area contributed by atoms with Crippen LogP contribution in [0.4, 0.5) is 0 Å². The maximum Gasteiger partial charge on any atom is 0.341 e. The van der Waals surface area contributed by atoms with Crippen LogP contribution in [0.1, 0.15) is 5.56 Å². The Labute approximate surface area is 146 Å². The van der Waals surface area contributed by atoms with Crippen LogP contribution in [-0.2, 0) is 4.79 Å². The van der Waals surface area contributed by atoms with Gasteiger partial charge in [0.15, 0.2) is 6.61 Å². The van der Waals surface area contributed by atoms with Gasteiger partial charge in [0, 0.05) is 10.6 Å². The van der Waals surface area contributed by atoms with Gasteiger partial charge >= 0.3 is 5.97 Å². The largest absolute Gasteiger partial charge is 0.489 e. The first-order chi connectivity index (χ1) is 11.5. The maximum absolute atomic E-state index is 10.5. The van der Waals surface area contributed by atoms with Gasteiger partial charge in [0.25, 0.3) is 0 Å². The van der Waals surface area contributed by atoms with Crippen molar-refractivity contribution in [1.29, 1.82) is 0 Å². The number of thioether (sulfide) groups is 1. The summed E-state index contributed by atoms with van der Waals surface area (Å²) < 4.78 is 10.9. The van der Waals surface area contributed by atoms with Gasteiger partial charge in [-0.1, -0.05) is 24.8 Å². The van der Waals surface area contributed by atoms with Crippen molar-refractivity contribution in [2.24, 2.45) is 0 Å². The molecule has 0 saturated carbocycles. The number of rotatable bonds is 9. The number of aryl methyl sites for hydroxylation is 1. The third kappa shape index (κ3) is 6.01. The summed E-state index contributed by atoms with van der Waals surface area (Å²) in [6.45, 7) is 6.08. The normalized spacial score (nSPS) is 10.2. The Morgan fingerprint density at radius 3 is 2.54 bits per heavy atom. The van der Waals surface area contributed by atoms with Crippen molar-refractivity contribution in [3.05, 3.63) is 66.2 Å². The lowest BCUT2D eigenvalue weighted by atomic mass is 10.2. The van der Waals surface area contributed by atoms with Crippen LogP contribution >= 0.6 is 11.8 Å². The third-order valence-electron chi connectivity index (χ3n) is 3.13. The SMILES string of the molecule is C=C(COc1ccccc1)CSc1ccc(OCC(=O)O)c(C)c1. The van der Waals surface area contributed by atoms with Crippen LogP contribution in [-0.4, -0.2) is 30.0 Å². The Morgan fingerprint density at radius 1 is 1.12 bits per heavy atom. The molecular formula is C19H20O4S. The van der Waals surface area contributed by atoms with Crippen LogP contribution in [0.2, 0.25) is 0 Å². The Balaban J connectivity index is 1.80. The highest BCUT2D eigenvalue weighted by Gasteiger charge is 2.05. The van der Waals surface area contributed by atoms with Gasteiger partial charge < -0.3 is 14.6 Å². The Kier molecular flexibility index (Phi) is 6.75. The molecule has 24 heavy (non-hydrogen) atoms. The number of hydrogen-bond acceptors (Lipinski definition) is 4. The number of carbonyl (C=O) groups is 1. The van der Waals surface area contributed by atoms with E-state index in [-0.39, 0.29) is 6.61 Å². The number of hydrogen-bond donors (Lipinski definition) is 1. The molecule has 0 aromatic heterocycles. The molecule has 0 atom stereocenters. The first-order valence-corrected chi connectivity index (χ1v) is 8.45. The van der Waals surface area contributed by atoms with Crippen LogP contribution in [0, 0.1) is 6.92 Å². The monoisotopic (exact) mass is 344 g/mol. The molecule has 0 radical (unpaired) electrons. The Morgan fingerprint density at radius 2 is 1.88 bits per heavy atom. The fraction of sp³-hybridized carbons (Fsp3) is 0.211. The van der Waals surface area contributed by atoms with Crippen molar-refractivity contribution in [3.8, 4) is 11.5 Å². The summed E-state index contributed by atoms with van der Waals surface area (Å²) in [7, 11) is 0. The fourth-order valence-corrected chi connectivity index (χ4v) is 2.82. The topological polar surface area (TPSA) is 55.8 Å². The van der Waals surface area contributed by atoms with Crippen LogP contribution in [0.15, 0.2) is 65.6 Å². The van der Waals surface area contributed by atoms with Gasteiger partial charge in [-0.15, -0.1) is 11.8 Å². The number of carboxylic acids is 1. The van der Waals surface area contributed by atoms with Crippen LogP contribution in [0.3, 0.4) is 0 Å². The zero-order valence-corrected chi connectivity index (χ0v) is 14.3. The van der Waals surface area contributed by atoms with E-state index in [0.29, 0.717) is 12.4 Å². The van der Waals surface area contributed by atoms with E-state index in [9.17, 15) is 4.79 Å². The molecule has 0 heterocycles. The number of aliphatic carboxylic acids is 1. The average Bonchev–Trinajstić information content (AvgIpc) is 2.58. The fourth-order valence-electron chi connectivity index (χ4n) is 1.94. The van der Waals surface area contributed by atoms with Crippen LogP contribution < -0.4 is 9.47 Å². The molecular weight excluding hydrogens is 324 g/mol. The molecule has 4 nitrogen and oxygen atoms in total. The van der Waals surface area contributed by atoms with Crippen molar-refractivity contribution in [1.82, 2.24) is 0 Å².